The van der Waals surface area contributed by atoms with Crippen LogP contribution in [0.25, 0.3) is 10.4 Å². The Morgan fingerprint density at radius 2 is 1.90 bits per heavy atom. The largest absolute Gasteiger partial charge is 0.378 e. The highest BCUT2D eigenvalue weighted by Gasteiger charge is 2.52. The van der Waals surface area contributed by atoms with Gasteiger partial charge >= 0.3 is 0 Å². The number of hydrogen-bond acceptors (Lipinski definition) is 7. The minimum absolute atomic E-state index is 0.0691. The van der Waals surface area contributed by atoms with Crippen LogP contribution in [0.5, 0.6) is 0 Å². The lowest BCUT2D eigenvalue weighted by atomic mass is 9.97. The molecule has 0 unspecified atom stereocenters. The fraction of sp³-hybridized carbons (Fsp3) is 0.391. The van der Waals surface area contributed by atoms with E-state index in [-0.39, 0.29) is 11.3 Å². The molecular weight excluding hydrogens is 410 g/mol. The predicted molar refractivity (Wildman–Crippen MR) is 119 cm³/mol. The van der Waals surface area contributed by atoms with Gasteiger partial charge in [0.1, 0.15) is 0 Å². The summed E-state index contributed by atoms with van der Waals surface area (Å²) in [7, 11) is 0. The van der Waals surface area contributed by atoms with Gasteiger partial charge in [0.05, 0.1) is 23.8 Å². The maximum Gasteiger partial charge on any atom is 0.254 e. The van der Waals surface area contributed by atoms with Crippen LogP contribution in [0, 0.1) is 6.92 Å². The first kappa shape index (κ1) is 18.9. The second kappa shape index (κ2) is 7.10. The summed E-state index contributed by atoms with van der Waals surface area (Å²) in [5.74, 6) is 0.755. The second-order valence-electron chi connectivity index (χ2n) is 8.61. The fourth-order valence-corrected chi connectivity index (χ4v) is 5.33. The number of hydrogen-bond donors (Lipinski definition) is 0. The Labute approximate surface area is 184 Å². The van der Waals surface area contributed by atoms with Crippen molar-refractivity contribution in [2.75, 3.05) is 37.7 Å². The third kappa shape index (κ3) is 3.21. The molecule has 3 aromatic rings. The Kier molecular flexibility index (Phi) is 4.33. The molecule has 1 amide bonds. The minimum Gasteiger partial charge on any atom is -0.378 e. The number of carbonyl (C=O) groups excluding carboxylic acids is 1. The fourth-order valence-electron chi connectivity index (χ4n) is 4.60. The molecular formula is C23H23N5O2S. The van der Waals surface area contributed by atoms with Crippen LogP contribution in [0.1, 0.15) is 34.5 Å². The molecule has 4 heterocycles. The maximum atomic E-state index is 13.0. The van der Waals surface area contributed by atoms with Crippen molar-refractivity contribution in [1.29, 1.82) is 0 Å². The van der Waals surface area contributed by atoms with Crippen LogP contribution in [0.2, 0.25) is 0 Å². The number of carbonyl (C=O) groups is 1. The van der Waals surface area contributed by atoms with Crippen molar-refractivity contribution >= 4 is 29.1 Å². The molecule has 8 heteroatoms. The Hall–Kier alpha value is -2.84. The minimum atomic E-state index is 0.0691. The van der Waals surface area contributed by atoms with E-state index in [1.165, 1.54) is 29.9 Å². The van der Waals surface area contributed by atoms with E-state index in [1.54, 1.807) is 0 Å². The van der Waals surface area contributed by atoms with E-state index in [2.05, 4.69) is 31.4 Å². The number of aryl methyl sites for hydroxylation is 1. The van der Waals surface area contributed by atoms with Gasteiger partial charge in [0.2, 0.25) is 5.95 Å². The van der Waals surface area contributed by atoms with Crippen LogP contribution in [0.15, 0.2) is 36.7 Å². The first-order valence-electron chi connectivity index (χ1n) is 10.7. The van der Waals surface area contributed by atoms with Gasteiger partial charge in [-0.25, -0.2) is 9.97 Å². The molecule has 0 atom stereocenters. The molecule has 2 aliphatic heterocycles. The molecule has 1 saturated carbocycles. The molecule has 158 valence electrons. The third-order valence-corrected chi connectivity index (χ3v) is 7.44. The van der Waals surface area contributed by atoms with Crippen molar-refractivity contribution in [1.82, 2.24) is 19.2 Å². The molecule has 1 spiro atoms. The van der Waals surface area contributed by atoms with E-state index < -0.39 is 0 Å². The predicted octanol–water partition coefficient (Wildman–Crippen LogP) is 3.56. The first-order valence-corrected chi connectivity index (χ1v) is 11.5. The zero-order valence-corrected chi connectivity index (χ0v) is 18.2. The van der Waals surface area contributed by atoms with Gasteiger partial charge in [-0.3, -0.25) is 4.79 Å². The average Bonchev–Trinajstić information content (AvgIpc) is 3.35. The Bertz CT molecular complexity index is 1150. The Balaban J connectivity index is 1.33. The zero-order chi connectivity index (χ0) is 21.0. The highest BCUT2D eigenvalue weighted by molar-refractivity contribution is 7.09. The Morgan fingerprint density at radius 3 is 2.58 bits per heavy atom. The van der Waals surface area contributed by atoms with Gasteiger partial charge in [0.15, 0.2) is 0 Å². The van der Waals surface area contributed by atoms with Gasteiger partial charge in [0, 0.05) is 54.3 Å². The van der Waals surface area contributed by atoms with E-state index in [1.807, 2.05) is 36.4 Å². The monoisotopic (exact) mass is 433 g/mol. The van der Waals surface area contributed by atoms with Crippen molar-refractivity contribution in [2.24, 2.45) is 0 Å². The molecule has 1 aliphatic carbocycles. The summed E-state index contributed by atoms with van der Waals surface area (Å²) in [5, 5.41) is 0. The summed E-state index contributed by atoms with van der Waals surface area (Å²) in [6.45, 7) is 5.35. The molecule has 2 aromatic heterocycles. The van der Waals surface area contributed by atoms with Crippen LogP contribution in [-0.2, 0) is 10.2 Å². The van der Waals surface area contributed by atoms with E-state index in [0.29, 0.717) is 32.3 Å². The van der Waals surface area contributed by atoms with Crippen molar-refractivity contribution in [2.45, 2.75) is 25.2 Å². The normalized spacial score (nSPS) is 19.0. The number of anilines is 2. The molecule has 31 heavy (non-hydrogen) atoms. The molecule has 0 N–H and O–H groups in total. The van der Waals surface area contributed by atoms with Gasteiger partial charge in [0.25, 0.3) is 5.91 Å². The van der Waals surface area contributed by atoms with Crippen LogP contribution < -0.4 is 4.90 Å². The quantitative estimate of drug-likeness (QED) is 0.629. The second-order valence-corrected chi connectivity index (χ2v) is 9.41. The molecule has 1 aromatic carbocycles. The van der Waals surface area contributed by atoms with Crippen molar-refractivity contribution < 1.29 is 9.53 Å². The summed E-state index contributed by atoms with van der Waals surface area (Å²) in [6.07, 6.45) is 6.09. The summed E-state index contributed by atoms with van der Waals surface area (Å²) >= 11 is 1.46. The van der Waals surface area contributed by atoms with Crippen molar-refractivity contribution in [3.05, 3.63) is 53.5 Å². The lowest BCUT2D eigenvalue weighted by Crippen LogP contribution is -2.40. The van der Waals surface area contributed by atoms with Crippen LogP contribution in [0.4, 0.5) is 11.6 Å². The van der Waals surface area contributed by atoms with E-state index in [0.717, 1.165) is 33.9 Å². The number of rotatable bonds is 3. The lowest BCUT2D eigenvalue weighted by molar-refractivity contribution is 0.0303. The first-order chi connectivity index (χ1) is 15.1. The van der Waals surface area contributed by atoms with Gasteiger partial charge in [-0.2, -0.15) is 4.37 Å². The highest BCUT2D eigenvalue weighted by atomic mass is 32.1. The zero-order valence-electron chi connectivity index (χ0n) is 17.4. The topological polar surface area (TPSA) is 71.5 Å². The number of amides is 1. The van der Waals surface area contributed by atoms with E-state index in [9.17, 15) is 4.79 Å². The Morgan fingerprint density at radius 1 is 1.13 bits per heavy atom. The number of benzene rings is 1. The van der Waals surface area contributed by atoms with Gasteiger partial charge in [-0.05, 0) is 55.1 Å². The highest BCUT2D eigenvalue weighted by Crippen LogP contribution is 2.57. The standard InChI is InChI=1S/C23H23N5O2S/c1-15-10-20(31-26-15)17-12-24-22(25-13-17)28-14-23(4-5-23)18-3-2-16(11-19(18)28)21(29)27-6-8-30-9-7-27/h2-3,10-13H,4-9,14H2,1H3. The smallest absolute Gasteiger partial charge is 0.254 e. The average molecular weight is 434 g/mol. The van der Waals surface area contributed by atoms with E-state index >= 15 is 0 Å². The summed E-state index contributed by atoms with van der Waals surface area (Å²) in [6, 6.07) is 8.21. The lowest BCUT2D eigenvalue weighted by Gasteiger charge is -2.27. The van der Waals surface area contributed by atoms with Gasteiger partial charge in [-0.15, -0.1) is 0 Å². The van der Waals surface area contributed by atoms with Crippen LogP contribution in [-0.4, -0.2) is 58.0 Å². The SMILES string of the molecule is Cc1cc(-c2cnc(N3CC4(CC4)c4ccc(C(=O)N5CCOCC5)cc43)nc2)sn1. The maximum absolute atomic E-state index is 13.0. The third-order valence-electron chi connectivity index (χ3n) is 6.51. The number of morpholine rings is 1. The molecule has 0 radical (unpaired) electrons. The van der Waals surface area contributed by atoms with Crippen molar-refractivity contribution in [3.8, 4) is 10.4 Å². The van der Waals surface area contributed by atoms with Crippen LogP contribution in [0.3, 0.4) is 0 Å². The van der Waals surface area contributed by atoms with Crippen molar-refractivity contribution in [3.63, 3.8) is 0 Å². The number of fused-ring (bicyclic) bond motifs is 2. The summed E-state index contributed by atoms with van der Waals surface area (Å²) in [4.78, 5) is 27.5. The molecule has 2 fully saturated rings. The molecule has 0 bridgehead atoms. The van der Waals surface area contributed by atoms with Gasteiger partial charge < -0.3 is 14.5 Å². The summed E-state index contributed by atoms with van der Waals surface area (Å²) < 4.78 is 9.74. The number of aromatic nitrogens is 3. The summed E-state index contributed by atoms with van der Waals surface area (Å²) in [5.41, 5.74) is 5.28. The van der Waals surface area contributed by atoms with Crippen LogP contribution >= 0.6 is 11.5 Å². The van der Waals surface area contributed by atoms with E-state index in [4.69, 9.17) is 4.74 Å². The molecule has 1 saturated heterocycles. The molecule has 7 nitrogen and oxygen atoms in total. The molecule has 3 aliphatic rings. The van der Waals surface area contributed by atoms with Gasteiger partial charge in [-0.1, -0.05) is 6.07 Å². The number of ether oxygens (including phenoxy) is 1. The molecule has 6 rings (SSSR count). The number of nitrogens with zero attached hydrogens (tertiary/aromatic N) is 5.